The van der Waals surface area contributed by atoms with Crippen LogP contribution >= 0.6 is 0 Å². The third-order valence-corrected chi connectivity index (χ3v) is 3.41. The van der Waals surface area contributed by atoms with Gasteiger partial charge in [-0.15, -0.1) is 0 Å². The van der Waals surface area contributed by atoms with Gasteiger partial charge in [0.05, 0.1) is 0 Å². The molecule has 2 heterocycles. The molecule has 0 radical (unpaired) electrons. The lowest BCUT2D eigenvalue weighted by atomic mass is 10.1. The van der Waals surface area contributed by atoms with Crippen LogP contribution in [0.1, 0.15) is 39.2 Å². The van der Waals surface area contributed by atoms with Gasteiger partial charge in [-0.2, -0.15) is 0 Å². The molecule has 0 unspecified atom stereocenters. The van der Waals surface area contributed by atoms with Gasteiger partial charge >= 0.3 is 0 Å². The molecule has 0 amide bonds. The molecule has 104 valence electrons. The predicted octanol–water partition coefficient (Wildman–Crippen LogP) is 3.58. The SMILES string of the molecule is CCCNCc1cn(CCC(C)C)c2ncccc12. The summed E-state index contributed by atoms with van der Waals surface area (Å²) >= 11 is 0. The van der Waals surface area contributed by atoms with Crippen molar-refractivity contribution in [3.63, 3.8) is 0 Å². The molecule has 0 atom stereocenters. The molecule has 2 rings (SSSR count). The van der Waals surface area contributed by atoms with Crippen LogP contribution in [0, 0.1) is 5.92 Å². The molecule has 3 heteroatoms. The summed E-state index contributed by atoms with van der Waals surface area (Å²) in [6, 6.07) is 4.20. The Kier molecular flexibility index (Phi) is 4.97. The molecule has 0 spiro atoms. The summed E-state index contributed by atoms with van der Waals surface area (Å²) in [5.41, 5.74) is 2.48. The third-order valence-electron chi connectivity index (χ3n) is 3.41. The normalized spacial score (nSPS) is 11.6. The monoisotopic (exact) mass is 259 g/mol. The van der Waals surface area contributed by atoms with E-state index in [0.29, 0.717) is 0 Å². The molecule has 0 aromatic carbocycles. The van der Waals surface area contributed by atoms with Crippen molar-refractivity contribution in [2.75, 3.05) is 6.54 Å². The second-order valence-corrected chi connectivity index (χ2v) is 5.58. The van der Waals surface area contributed by atoms with Gasteiger partial charge in [0, 0.05) is 30.9 Å². The Hall–Kier alpha value is -1.35. The van der Waals surface area contributed by atoms with Crippen LogP contribution in [0.3, 0.4) is 0 Å². The van der Waals surface area contributed by atoms with Gasteiger partial charge in [0.1, 0.15) is 5.65 Å². The Morgan fingerprint density at radius 2 is 2.21 bits per heavy atom. The first kappa shape index (κ1) is 14.1. The Labute approximate surface area is 116 Å². The average Bonchev–Trinajstić information content (AvgIpc) is 2.76. The minimum atomic E-state index is 0.725. The van der Waals surface area contributed by atoms with Crippen molar-refractivity contribution in [3.8, 4) is 0 Å². The van der Waals surface area contributed by atoms with Crippen LogP contribution in [0.25, 0.3) is 11.0 Å². The highest BCUT2D eigenvalue weighted by Gasteiger charge is 2.09. The number of nitrogens with one attached hydrogen (secondary N) is 1. The number of pyridine rings is 1. The fraction of sp³-hybridized carbons (Fsp3) is 0.562. The second-order valence-electron chi connectivity index (χ2n) is 5.58. The number of aromatic nitrogens is 2. The minimum absolute atomic E-state index is 0.725. The van der Waals surface area contributed by atoms with Crippen LogP contribution in [-0.4, -0.2) is 16.1 Å². The van der Waals surface area contributed by atoms with E-state index in [9.17, 15) is 0 Å². The van der Waals surface area contributed by atoms with Crippen LogP contribution in [0.4, 0.5) is 0 Å². The van der Waals surface area contributed by atoms with E-state index < -0.39 is 0 Å². The third kappa shape index (κ3) is 3.57. The smallest absolute Gasteiger partial charge is 0.140 e. The number of aryl methyl sites for hydroxylation is 1. The zero-order chi connectivity index (χ0) is 13.7. The van der Waals surface area contributed by atoms with Crippen LogP contribution in [-0.2, 0) is 13.1 Å². The lowest BCUT2D eigenvalue weighted by molar-refractivity contribution is 0.522. The molecule has 0 saturated heterocycles. The van der Waals surface area contributed by atoms with E-state index in [-0.39, 0.29) is 0 Å². The molecular weight excluding hydrogens is 234 g/mol. The Bertz CT molecular complexity index is 514. The largest absolute Gasteiger partial charge is 0.332 e. The van der Waals surface area contributed by atoms with Gasteiger partial charge in [0.25, 0.3) is 0 Å². The molecule has 2 aromatic heterocycles. The fourth-order valence-electron chi connectivity index (χ4n) is 2.30. The highest BCUT2D eigenvalue weighted by Crippen LogP contribution is 2.20. The zero-order valence-electron chi connectivity index (χ0n) is 12.3. The first-order valence-corrected chi connectivity index (χ1v) is 7.35. The van der Waals surface area contributed by atoms with Crippen LogP contribution in [0.5, 0.6) is 0 Å². The van der Waals surface area contributed by atoms with Gasteiger partial charge in [0.15, 0.2) is 0 Å². The molecule has 1 N–H and O–H groups in total. The Balaban J connectivity index is 2.21. The standard InChI is InChI=1S/C16H25N3/c1-4-8-17-11-14-12-19(10-7-13(2)3)16-15(14)6-5-9-18-16/h5-6,9,12-13,17H,4,7-8,10-11H2,1-3H3. The molecular formula is C16H25N3. The van der Waals surface area contributed by atoms with Crippen molar-refractivity contribution in [2.45, 2.75) is 46.7 Å². The van der Waals surface area contributed by atoms with Crippen molar-refractivity contribution in [3.05, 3.63) is 30.1 Å². The average molecular weight is 259 g/mol. The van der Waals surface area contributed by atoms with Gasteiger partial charge in [0.2, 0.25) is 0 Å². The zero-order valence-corrected chi connectivity index (χ0v) is 12.3. The maximum Gasteiger partial charge on any atom is 0.140 e. The van der Waals surface area contributed by atoms with E-state index in [1.807, 2.05) is 12.3 Å². The van der Waals surface area contributed by atoms with Gasteiger partial charge in [-0.3, -0.25) is 0 Å². The number of rotatable bonds is 7. The summed E-state index contributed by atoms with van der Waals surface area (Å²) in [6.07, 6.45) is 6.52. The lowest BCUT2D eigenvalue weighted by Gasteiger charge is -2.06. The van der Waals surface area contributed by atoms with E-state index in [1.165, 1.54) is 23.8 Å². The van der Waals surface area contributed by atoms with E-state index in [4.69, 9.17) is 0 Å². The van der Waals surface area contributed by atoms with Crippen molar-refractivity contribution >= 4 is 11.0 Å². The quantitative estimate of drug-likeness (QED) is 0.770. The highest BCUT2D eigenvalue weighted by atomic mass is 15.0. The topological polar surface area (TPSA) is 29.9 Å². The van der Waals surface area contributed by atoms with Crippen molar-refractivity contribution in [1.82, 2.24) is 14.9 Å². The highest BCUT2D eigenvalue weighted by molar-refractivity contribution is 5.80. The summed E-state index contributed by atoms with van der Waals surface area (Å²) in [7, 11) is 0. The summed E-state index contributed by atoms with van der Waals surface area (Å²) in [6.45, 7) is 9.79. The first-order chi connectivity index (χ1) is 9.22. The molecule has 0 saturated carbocycles. The lowest BCUT2D eigenvalue weighted by Crippen LogP contribution is -2.13. The van der Waals surface area contributed by atoms with Gasteiger partial charge < -0.3 is 9.88 Å². The molecule has 19 heavy (non-hydrogen) atoms. The summed E-state index contributed by atoms with van der Waals surface area (Å²) in [5, 5.41) is 4.77. The van der Waals surface area contributed by atoms with E-state index in [2.05, 4.69) is 47.9 Å². The minimum Gasteiger partial charge on any atom is -0.332 e. The van der Waals surface area contributed by atoms with E-state index in [0.717, 1.165) is 31.2 Å². The Morgan fingerprint density at radius 3 is 2.95 bits per heavy atom. The summed E-state index contributed by atoms with van der Waals surface area (Å²) in [4.78, 5) is 4.54. The van der Waals surface area contributed by atoms with Crippen LogP contribution in [0.2, 0.25) is 0 Å². The molecule has 2 aromatic rings. The summed E-state index contributed by atoms with van der Waals surface area (Å²) < 4.78 is 2.30. The molecule has 0 bridgehead atoms. The second kappa shape index (κ2) is 6.71. The van der Waals surface area contributed by atoms with Crippen LogP contribution < -0.4 is 5.32 Å². The molecule has 0 aliphatic rings. The molecule has 0 aliphatic heterocycles. The first-order valence-electron chi connectivity index (χ1n) is 7.35. The fourth-order valence-corrected chi connectivity index (χ4v) is 2.30. The number of nitrogens with zero attached hydrogens (tertiary/aromatic N) is 2. The number of hydrogen-bond acceptors (Lipinski definition) is 2. The number of fused-ring (bicyclic) bond motifs is 1. The maximum atomic E-state index is 4.54. The van der Waals surface area contributed by atoms with E-state index in [1.54, 1.807) is 0 Å². The van der Waals surface area contributed by atoms with Crippen molar-refractivity contribution in [1.29, 1.82) is 0 Å². The summed E-state index contributed by atoms with van der Waals surface area (Å²) in [5.74, 6) is 0.725. The van der Waals surface area contributed by atoms with Gasteiger partial charge in [-0.1, -0.05) is 20.8 Å². The molecule has 0 fully saturated rings. The maximum absolute atomic E-state index is 4.54. The van der Waals surface area contributed by atoms with Gasteiger partial charge in [-0.25, -0.2) is 4.98 Å². The van der Waals surface area contributed by atoms with Crippen molar-refractivity contribution in [2.24, 2.45) is 5.92 Å². The van der Waals surface area contributed by atoms with Crippen molar-refractivity contribution < 1.29 is 0 Å². The predicted molar refractivity (Wildman–Crippen MR) is 81.2 cm³/mol. The van der Waals surface area contributed by atoms with Crippen LogP contribution in [0.15, 0.2) is 24.5 Å². The molecule has 3 nitrogen and oxygen atoms in total. The molecule has 0 aliphatic carbocycles. The van der Waals surface area contributed by atoms with Gasteiger partial charge in [-0.05, 0) is 43.0 Å². The van der Waals surface area contributed by atoms with E-state index >= 15 is 0 Å². The Morgan fingerprint density at radius 1 is 1.37 bits per heavy atom. The number of hydrogen-bond donors (Lipinski definition) is 1.